The summed E-state index contributed by atoms with van der Waals surface area (Å²) in [5, 5.41) is 6.24. The quantitative estimate of drug-likeness (QED) is 0.757. The van der Waals surface area contributed by atoms with Crippen molar-refractivity contribution >= 4 is 16.9 Å². The van der Waals surface area contributed by atoms with E-state index in [1.54, 1.807) is 0 Å². The van der Waals surface area contributed by atoms with E-state index in [9.17, 15) is 4.79 Å². The van der Waals surface area contributed by atoms with Crippen LogP contribution in [0.25, 0.3) is 11.0 Å². The summed E-state index contributed by atoms with van der Waals surface area (Å²) in [6, 6.07) is 8.07. The Bertz CT molecular complexity index is 710. The molecule has 5 heteroatoms. The summed E-state index contributed by atoms with van der Waals surface area (Å²) in [5.74, 6) is 2.32. The monoisotopic (exact) mass is 324 g/mol. The molecule has 1 aromatic carbocycles. The number of hydrogen-bond acceptors (Lipinski definition) is 3. The molecule has 1 aliphatic carbocycles. The van der Waals surface area contributed by atoms with Crippen LogP contribution in [0.15, 0.2) is 36.4 Å². The van der Waals surface area contributed by atoms with Crippen molar-refractivity contribution in [2.24, 2.45) is 5.92 Å². The number of rotatable bonds is 4. The number of H-pyrrole nitrogens is 1. The van der Waals surface area contributed by atoms with E-state index in [1.807, 2.05) is 24.3 Å². The van der Waals surface area contributed by atoms with Gasteiger partial charge in [0.1, 0.15) is 11.9 Å². The van der Waals surface area contributed by atoms with E-state index in [2.05, 4.69) is 27.8 Å². The van der Waals surface area contributed by atoms with Crippen molar-refractivity contribution in [3.05, 3.63) is 42.2 Å². The number of amides is 1. The minimum Gasteiger partial charge on any atom is -0.354 e. The number of imidazole rings is 1. The molecule has 1 amide bonds. The van der Waals surface area contributed by atoms with Crippen LogP contribution in [0.1, 0.15) is 37.4 Å². The maximum absolute atomic E-state index is 12.0. The van der Waals surface area contributed by atoms with Gasteiger partial charge in [0.25, 0.3) is 0 Å². The molecule has 3 N–H and O–H groups in total. The Morgan fingerprint density at radius 2 is 2.04 bits per heavy atom. The predicted octanol–water partition coefficient (Wildman–Crippen LogP) is 2.48. The molecule has 5 nitrogen and oxygen atoms in total. The molecule has 0 bridgehead atoms. The number of aromatic nitrogens is 2. The number of aromatic amines is 1. The van der Waals surface area contributed by atoms with Gasteiger partial charge in [0, 0.05) is 19.0 Å². The molecule has 1 aromatic heterocycles. The summed E-state index contributed by atoms with van der Waals surface area (Å²) in [5.41, 5.74) is 2.18. The summed E-state index contributed by atoms with van der Waals surface area (Å²) < 4.78 is 0. The maximum atomic E-state index is 12.0. The molecule has 24 heavy (non-hydrogen) atoms. The zero-order valence-electron chi connectivity index (χ0n) is 13.8. The third-order valence-electron chi connectivity index (χ3n) is 5.27. The average Bonchev–Trinajstić information content (AvgIpc) is 3.29. The highest BCUT2D eigenvalue weighted by Gasteiger charge is 2.25. The molecule has 0 spiro atoms. The molecule has 1 saturated carbocycles. The highest BCUT2D eigenvalue weighted by molar-refractivity contribution is 5.84. The van der Waals surface area contributed by atoms with Crippen molar-refractivity contribution < 1.29 is 4.79 Å². The van der Waals surface area contributed by atoms with E-state index in [-0.39, 0.29) is 11.9 Å². The van der Waals surface area contributed by atoms with E-state index >= 15 is 0 Å². The van der Waals surface area contributed by atoms with E-state index in [1.165, 1.54) is 0 Å². The summed E-state index contributed by atoms with van der Waals surface area (Å²) in [7, 11) is 0. The van der Waals surface area contributed by atoms with Gasteiger partial charge in [0.2, 0.25) is 5.91 Å². The lowest BCUT2D eigenvalue weighted by atomic mass is 9.81. The molecular weight excluding hydrogens is 300 g/mol. The second-order valence-corrected chi connectivity index (χ2v) is 6.92. The lowest BCUT2D eigenvalue weighted by Gasteiger charge is -2.27. The highest BCUT2D eigenvalue weighted by Crippen LogP contribution is 2.34. The van der Waals surface area contributed by atoms with Crippen LogP contribution >= 0.6 is 0 Å². The molecule has 2 aromatic rings. The van der Waals surface area contributed by atoms with E-state index in [0.717, 1.165) is 55.6 Å². The first-order valence-electron chi connectivity index (χ1n) is 8.92. The van der Waals surface area contributed by atoms with Crippen LogP contribution < -0.4 is 10.6 Å². The molecule has 1 fully saturated rings. The van der Waals surface area contributed by atoms with Gasteiger partial charge in [-0.15, -0.1) is 0 Å². The molecule has 1 aliphatic heterocycles. The largest absolute Gasteiger partial charge is 0.354 e. The van der Waals surface area contributed by atoms with Gasteiger partial charge in [0.05, 0.1) is 11.0 Å². The Hall–Kier alpha value is -2.14. The Labute approximate surface area is 141 Å². The van der Waals surface area contributed by atoms with Gasteiger partial charge in [-0.05, 0) is 43.7 Å². The third kappa shape index (κ3) is 3.22. The summed E-state index contributed by atoms with van der Waals surface area (Å²) >= 11 is 0. The summed E-state index contributed by atoms with van der Waals surface area (Å²) in [4.78, 5) is 20.3. The summed E-state index contributed by atoms with van der Waals surface area (Å²) in [6.45, 7) is 1.58. The minimum absolute atomic E-state index is 0.100. The highest BCUT2D eigenvalue weighted by atomic mass is 16.2. The number of nitrogens with one attached hydrogen (secondary N) is 3. The molecule has 0 saturated heterocycles. The van der Waals surface area contributed by atoms with Crippen LogP contribution in [0, 0.1) is 5.92 Å². The number of nitrogens with zero attached hydrogens (tertiary/aromatic N) is 1. The second kappa shape index (κ2) is 6.77. The predicted molar refractivity (Wildman–Crippen MR) is 94.7 cm³/mol. The lowest BCUT2D eigenvalue weighted by molar-refractivity contribution is -0.122. The van der Waals surface area contributed by atoms with Gasteiger partial charge in [-0.25, -0.2) is 4.98 Å². The normalized spacial score (nSPS) is 26.8. The zero-order chi connectivity index (χ0) is 16.4. The Kier molecular flexibility index (Phi) is 4.34. The fourth-order valence-corrected chi connectivity index (χ4v) is 3.81. The molecule has 2 heterocycles. The van der Waals surface area contributed by atoms with E-state index < -0.39 is 0 Å². The average molecular weight is 324 g/mol. The molecule has 1 atom stereocenters. The number of carbonyl (C=O) groups is 1. The van der Waals surface area contributed by atoms with Crippen LogP contribution in [0.3, 0.4) is 0 Å². The van der Waals surface area contributed by atoms with Gasteiger partial charge >= 0.3 is 0 Å². The van der Waals surface area contributed by atoms with Crippen molar-refractivity contribution in [2.75, 3.05) is 13.1 Å². The standard InChI is InChI=1S/C19H24N4O/c24-19(17-6-3-11-20-17)21-12-13-7-9-14(10-8-13)18-22-15-4-1-2-5-16(15)23-18/h1-6,13-14,17,20H,7-12H2,(H,21,24)(H,22,23). The first kappa shape index (κ1) is 15.4. The van der Waals surface area contributed by atoms with Crippen LogP contribution in [-0.4, -0.2) is 35.0 Å². The van der Waals surface area contributed by atoms with Gasteiger partial charge in [-0.3, -0.25) is 10.1 Å². The zero-order valence-corrected chi connectivity index (χ0v) is 13.8. The minimum atomic E-state index is -0.142. The summed E-state index contributed by atoms with van der Waals surface area (Å²) in [6.07, 6.45) is 8.52. The maximum Gasteiger partial charge on any atom is 0.241 e. The smallest absolute Gasteiger partial charge is 0.241 e. The molecule has 4 rings (SSSR count). The number of benzene rings is 1. The van der Waals surface area contributed by atoms with E-state index in [0.29, 0.717) is 11.8 Å². The number of hydrogen-bond donors (Lipinski definition) is 3. The van der Waals surface area contributed by atoms with Crippen molar-refractivity contribution in [1.82, 2.24) is 20.6 Å². The second-order valence-electron chi connectivity index (χ2n) is 6.92. The van der Waals surface area contributed by atoms with Crippen molar-refractivity contribution in [2.45, 2.75) is 37.6 Å². The molecule has 2 aliphatic rings. The van der Waals surface area contributed by atoms with Crippen LogP contribution in [0.2, 0.25) is 0 Å². The first-order valence-corrected chi connectivity index (χ1v) is 8.92. The fraction of sp³-hybridized carbons (Fsp3) is 0.474. The first-order chi connectivity index (χ1) is 11.8. The molecular formula is C19H24N4O. The van der Waals surface area contributed by atoms with Crippen molar-refractivity contribution in [1.29, 1.82) is 0 Å². The Morgan fingerprint density at radius 3 is 2.79 bits per heavy atom. The number of carbonyl (C=O) groups excluding carboxylic acids is 1. The molecule has 126 valence electrons. The van der Waals surface area contributed by atoms with Crippen LogP contribution in [0.4, 0.5) is 0 Å². The Balaban J connectivity index is 1.28. The van der Waals surface area contributed by atoms with Gasteiger partial charge in [0.15, 0.2) is 0 Å². The van der Waals surface area contributed by atoms with Gasteiger partial charge in [-0.2, -0.15) is 0 Å². The Morgan fingerprint density at radius 1 is 1.21 bits per heavy atom. The van der Waals surface area contributed by atoms with E-state index in [4.69, 9.17) is 4.98 Å². The lowest BCUT2D eigenvalue weighted by Crippen LogP contribution is -2.42. The SMILES string of the molecule is O=C(NCC1CCC(c2nc3ccccc3[nH]2)CC1)C1C=CCN1. The number of fused-ring (bicyclic) bond motifs is 1. The van der Waals surface area contributed by atoms with Crippen molar-refractivity contribution in [3.8, 4) is 0 Å². The number of para-hydroxylation sites is 2. The molecule has 0 radical (unpaired) electrons. The fourth-order valence-electron chi connectivity index (χ4n) is 3.81. The molecule has 1 unspecified atom stereocenters. The topological polar surface area (TPSA) is 69.8 Å². The van der Waals surface area contributed by atoms with Gasteiger partial charge < -0.3 is 10.3 Å². The van der Waals surface area contributed by atoms with Crippen LogP contribution in [0.5, 0.6) is 0 Å². The van der Waals surface area contributed by atoms with Gasteiger partial charge in [-0.1, -0.05) is 24.3 Å². The third-order valence-corrected chi connectivity index (χ3v) is 5.27. The van der Waals surface area contributed by atoms with Crippen molar-refractivity contribution in [3.63, 3.8) is 0 Å². The van der Waals surface area contributed by atoms with Crippen LogP contribution in [-0.2, 0) is 4.79 Å².